The molecule has 2 heterocycles. The van der Waals surface area contributed by atoms with Gasteiger partial charge in [0.25, 0.3) is 0 Å². The van der Waals surface area contributed by atoms with Crippen LogP contribution in [0.2, 0.25) is 0 Å². The van der Waals surface area contributed by atoms with Crippen LogP contribution in [-0.2, 0) is 9.47 Å². The third kappa shape index (κ3) is 2.52. The zero-order chi connectivity index (χ0) is 16.4. The first-order valence-electron chi connectivity index (χ1n) is 6.76. The minimum atomic E-state index is -0.715. The molecule has 0 atom stereocenters. The van der Waals surface area contributed by atoms with Crippen LogP contribution in [0, 0.1) is 0 Å². The van der Waals surface area contributed by atoms with Crippen molar-refractivity contribution < 1.29 is 19.1 Å². The first-order chi connectivity index (χ1) is 11.2. The molecular weight excluding hydrogens is 298 g/mol. The van der Waals surface area contributed by atoms with E-state index in [1.165, 1.54) is 20.3 Å². The summed E-state index contributed by atoms with van der Waals surface area (Å²) in [6, 6.07) is 10.9. The lowest BCUT2D eigenvalue weighted by Gasteiger charge is -2.07. The number of fused-ring (bicyclic) bond motifs is 1. The molecule has 0 saturated carbocycles. The van der Waals surface area contributed by atoms with Crippen LogP contribution in [0.4, 0.5) is 0 Å². The maximum absolute atomic E-state index is 11.9. The van der Waals surface area contributed by atoms with E-state index in [1.54, 1.807) is 10.9 Å². The lowest BCUT2D eigenvalue weighted by Crippen LogP contribution is -2.14. The SMILES string of the molecule is COC(=O)c1cc2cnn(-c3ccccc3)c2nc1C(=O)OC. The number of pyridine rings is 1. The smallest absolute Gasteiger partial charge is 0.357 e. The number of rotatable bonds is 3. The summed E-state index contributed by atoms with van der Waals surface area (Å²) in [4.78, 5) is 28.1. The van der Waals surface area contributed by atoms with E-state index in [0.29, 0.717) is 11.0 Å². The van der Waals surface area contributed by atoms with Crippen LogP contribution in [0.5, 0.6) is 0 Å². The van der Waals surface area contributed by atoms with E-state index in [4.69, 9.17) is 9.47 Å². The largest absolute Gasteiger partial charge is 0.465 e. The van der Waals surface area contributed by atoms with Crippen molar-refractivity contribution in [3.63, 3.8) is 0 Å². The van der Waals surface area contributed by atoms with Gasteiger partial charge in [0.05, 0.1) is 31.7 Å². The second kappa shape index (κ2) is 5.88. The monoisotopic (exact) mass is 311 g/mol. The van der Waals surface area contributed by atoms with E-state index in [9.17, 15) is 9.59 Å². The van der Waals surface area contributed by atoms with Gasteiger partial charge in [0.2, 0.25) is 0 Å². The molecule has 0 fully saturated rings. The maximum atomic E-state index is 11.9. The van der Waals surface area contributed by atoms with Crippen LogP contribution < -0.4 is 0 Å². The molecule has 7 heteroatoms. The number of benzene rings is 1. The number of methoxy groups -OCH3 is 2. The van der Waals surface area contributed by atoms with E-state index >= 15 is 0 Å². The topological polar surface area (TPSA) is 83.3 Å². The third-order valence-electron chi connectivity index (χ3n) is 3.33. The molecule has 116 valence electrons. The van der Waals surface area contributed by atoms with Crippen LogP contribution >= 0.6 is 0 Å². The summed E-state index contributed by atoms with van der Waals surface area (Å²) in [5.41, 5.74) is 1.17. The first kappa shape index (κ1) is 14.7. The summed E-state index contributed by atoms with van der Waals surface area (Å²) in [5.74, 6) is -1.37. The summed E-state index contributed by atoms with van der Waals surface area (Å²) >= 11 is 0. The van der Waals surface area contributed by atoms with Crippen LogP contribution in [0.15, 0.2) is 42.6 Å². The van der Waals surface area contributed by atoms with E-state index < -0.39 is 11.9 Å². The van der Waals surface area contributed by atoms with Gasteiger partial charge < -0.3 is 9.47 Å². The highest BCUT2D eigenvalue weighted by atomic mass is 16.5. The average molecular weight is 311 g/mol. The molecule has 0 saturated heterocycles. The van der Waals surface area contributed by atoms with Gasteiger partial charge in [-0.05, 0) is 18.2 Å². The molecule has 0 aliphatic carbocycles. The van der Waals surface area contributed by atoms with Crippen LogP contribution in [-0.4, -0.2) is 40.9 Å². The molecule has 0 radical (unpaired) electrons. The van der Waals surface area contributed by atoms with Gasteiger partial charge in [-0.25, -0.2) is 19.3 Å². The molecule has 0 spiro atoms. The second-order valence-corrected chi connectivity index (χ2v) is 4.67. The van der Waals surface area contributed by atoms with Crippen LogP contribution in [0.1, 0.15) is 20.8 Å². The number of para-hydroxylation sites is 1. The van der Waals surface area contributed by atoms with Gasteiger partial charge in [0, 0.05) is 5.39 Å². The molecule has 0 bridgehead atoms. The van der Waals surface area contributed by atoms with Crippen molar-refractivity contribution in [1.29, 1.82) is 0 Å². The van der Waals surface area contributed by atoms with Gasteiger partial charge >= 0.3 is 11.9 Å². The molecule has 2 aromatic heterocycles. The fraction of sp³-hybridized carbons (Fsp3) is 0.125. The van der Waals surface area contributed by atoms with Gasteiger partial charge in [-0.3, -0.25) is 0 Å². The Bertz CT molecular complexity index is 887. The van der Waals surface area contributed by atoms with E-state index in [1.807, 2.05) is 30.3 Å². The van der Waals surface area contributed by atoms with Gasteiger partial charge in [0.1, 0.15) is 0 Å². The normalized spacial score (nSPS) is 10.5. The Morgan fingerprint density at radius 3 is 2.39 bits per heavy atom. The lowest BCUT2D eigenvalue weighted by atomic mass is 10.1. The molecule has 7 nitrogen and oxygen atoms in total. The van der Waals surface area contributed by atoms with Crippen molar-refractivity contribution in [2.75, 3.05) is 14.2 Å². The Hall–Kier alpha value is -3.22. The molecule has 3 aromatic rings. The Morgan fingerprint density at radius 2 is 1.74 bits per heavy atom. The number of carbonyl (C=O) groups excluding carboxylic acids is 2. The standard InChI is InChI=1S/C16H13N3O4/c1-22-15(20)12-8-10-9-17-19(11-6-4-3-5-7-11)14(10)18-13(12)16(21)23-2/h3-9H,1-2H3. The van der Waals surface area contributed by atoms with Crippen molar-refractivity contribution in [2.45, 2.75) is 0 Å². The zero-order valence-electron chi connectivity index (χ0n) is 12.5. The molecule has 1 aromatic carbocycles. The summed E-state index contributed by atoms with van der Waals surface area (Å²) in [5, 5.41) is 4.88. The predicted octanol–water partition coefficient (Wildman–Crippen LogP) is 1.99. The summed E-state index contributed by atoms with van der Waals surface area (Å²) in [6.45, 7) is 0. The van der Waals surface area contributed by atoms with E-state index in [0.717, 1.165) is 5.69 Å². The molecule has 0 aliphatic heterocycles. The van der Waals surface area contributed by atoms with Crippen LogP contribution in [0.3, 0.4) is 0 Å². The van der Waals surface area contributed by atoms with Gasteiger partial charge in [-0.15, -0.1) is 0 Å². The number of hydrogen-bond acceptors (Lipinski definition) is 6. The maximum Gasteiger partial charge on any atom is 0.357 e. The summed E-state index contributed by atoms with van der Waals surface area (Å²) in [6.07, 6.45) is 1.57. The Kier molecular flexibility index (Phi) is 3.76. The number of carbonyl (C=O) groups is 2. The van der Waals surface area contributed by atoms with Gasteiger partial charge in [-0.2, -0.15) is 5.10 Å². The van der Waals surface area contributed by atoms with Crippen molar-refractivity contribution in [2.24, 2.45) is 0 Å². The Morgan fingerprint density at radius 1 is 1.04 bits per heavy atom. The molecule has 0 aliphatic rings. The zero-order valence-corrected chi connectivity index (χ0v) is 12.5. The summed E-state index contributed by atoms with van der Waals surface area (Å²) in [7, 11) is 2.46. The highest BCUT2D eigenvalue weighted by Crippen LogP contribution is 2.21. The van der Waals surface area contributed by atoms with Crippen molar-refractivity contribution in [3.05, 3.63) is 53.9 Å². The summed E-state index contributed by atoms with van der Waals surface area (Å²) < 4.78 is 11.0. The van der Waals surface area contributed by atoms with Crippen molar-refractivity contribution >= 4 is 23.0 Å². The van der Waals surface area contributed by atoms with E-state index in [2.05, 4.69) is 10.1 Å². The van der Waals surface area contributed by atoms with E-state index in [-0.39, 0.29) is 11.3 Å². The molecule has 3 rings (SSSR count). The fourth-order valence-corrected chi connectivity index (χ4v) is 2.23. The molecule has 0 unspecified atom stereocenters. The second-order valence-electron chi connectivity index (χ2n) is 4.67. The van der Waals surface area contributed by atoms with Crippen molar-refractivity contribution in [1.82, 2.24) is 14.8 Å². The van der Waals surface area contributed by atoms with Crippen LogP contribution in [0.25, 0.3) is 16.7 Å². The quantitative estimate of drug-likeness (QED) is 0.688. The Labute approximate surface area is 131 Å². The minimum Gasteiger partial charge on any atom is -0.465 e. The number of nitrogens with zero attached hydrogens (tertiary/aromatic N) is 3. The first-order valence-corrected chi connectivity index (χ1v) is 6.76. The highest BCUT2D eigenvalue weighted by Gasteiger charge is 2.23. The third-order valence-corrected chi connectivity index (χ3v) is 3.33. The fourth-order valence-electron chi connectivity index (χ4n) is 2.23. The molecule has 0 N–H and O–H groups in total. The Balaban J connectivity index is 2.26. The number of hydrogen-bond donors (Lipinski definition) is 0. The minimum absolute atomic E-state index is 0.0412. The molecular formula is C16H13N3O4. The van der Waals surface area contributed by atoms with Crippen molar-refractivity contribution in [3.8, 4) is 5.69 Å². The number of aromatic nitrogens is 3. The highest BCUT2D eigenvalue weighted by molar-refractivity contribution is 6.04. The average Bonchev–Trinajstić information content (AvgIpc) is 3.02. The predicted molar refractivity (Wildman–Crippen MR) is 81.5 cm³/mol. The molecule has 0 amide bonds. The lowest BCUT2D eigenvalue weighted by molar-refractivity contribution is 0.0550. The van der Waals surface area contributed by atoms with Gasteiger partial charge in [0.15, 0.2) is 11.3 Å². The molecule has 23 heavy (non-hydrogen) atoms. The number of ether oxygens (including phenoxy) is 2. The number of esters is 2. The van der Waals surface area contributed by atoms with Gasteiger partial charge in [-0.1, -0.05) is 18.2 Å².